The highest BCUT2D eigenvalue weighted by Gasteiger charge is 2.37. The topological polar surface area (TPSA) is 88.0 Å². The highest BCUT2D eigenvalue weighted by atomic mass is 19.4. The van der Waals surface area contributed by atoms with E-state index >= 15 is 0 Å². The number of nitrogens with zero attached hydrogens (tertiary/aromatic N) is 5. The maximum atomic E-state index is 12.7. The third kappa shape index (κ3) is 4.17. The molecule has 2 N–H and O–H groups in total. The van der Waals surface area contributed by atoms with Crippen LogP contribution in [0.3, 0.4) is 0 Å². The van der Waals surface area contributed by atoms with Crippen molar-refractivity contribution in [1.82, 2.24) is 19.7 Å². The standard InChI is InChI=1S/C20H26F3N7O/c1-10(2)16-18(31)26-15-11(3)24-19(27-17(15)29(16)4)25-13-7-12(8-13)9-30-6-5-14(28-30)20(21,22)23/h5-6,10,12-13,16H,7-9H2,1-4H3,(H,26,31)(H,24,25,27)/t12-,13+,16-/m0/s1. The number of hydrogen-bond donors (Lipinski definition) is 2. The minimum absolute atomic E-state index is 0.0634. The molecule has 1 amide bonds. The zero-order chi connectivity index (χ0) is 22.5. The first kappa shape index (κ1) is 21.4. The van der Waals surface area contributed by atoms with Gasteiger partial charge in [-0.2, -0.15) is 23.3 Å². The maximum absolute atomic E-state index is 12.7. The van der Waals surface area contributed by atoms with Crippen molar-refractivity contribution in [1.29, 1.82) is 0 Å². The number of amides is 1. The number of nitrogens with one attached hydrogen (secondary N) is 2. The first-order valence-electron chi connectivity index (χ1n) is 10.3. The highest BCUT2D eigenvalue weighted by Crippen LogP contribution is 2.36. The molecule has 2 aromatic heterocycles. The Morgan fingerprint density at radius 1 is 1.29 bits per heavy atom. The molecule has 31 heavy (non-hydrogen) atoms. The molecule has 1 aliphatic carbocycles. The average molecular weight is 437 g/mol. The molecule has 8 nitrogen and oxygen atoms in total. The van der Waals surface area contributed by atoms with Gasteiger partial charge < -0.3 is 15.5 Å². The van der Waals surface area contributed by atoms with Crippen LogP contribution in [0.4, 0.5) is 30.6 Å². The average Bonchev–Trinajstić information content (AvgIpc) is 3.10. The molecule has 2 aliphatic rings. The first-order chi connectivity index (χ1) is 14.5. The Morgan fingerprint density at radius 3 is 2.61 bits per heavy atom. The lowest BCUT2D eigenvalue weighted by Crippen LogP contribution is -2.50. The summed E-state index contributed by atoms with van der Waals surface area (Å²) in [4.78, 5) is 23.4. The lowest BCUT2D eigenvalue weighted by atomic mass is 9.80. The summed E-state index contributed by atoms with van der Waals surface area (Å²) in [5.74, 6) is 1.47. The Balaban J connectivity index is 1.39. The van der Waals surface area contributed by atoms with Crippen molar-refractivity contribution in [2.45, 2.75) is 58.4 Å². The second-order valence-corrected chi connectivity index (χ2v) is 8.72. The summed E-state index contributed by atoms with van der Waals surface area (Å²) < 4.78 is 39.4. The first-order valence-corrected chi connectivity index (χ1v) is 10.3. The number of fused-ring (bicyclic) bond motifs is 1. The molecule has 1 fully saturated rings. The Bertz CT molecular complexity index is 982. The van der Waals surface area contributed by atoms with Crippen molar-refractivity contribution < 1.29 is 18.0 Å². The number of anilines is 3. The summed E-state index contributed by atoms with van der Waals surface area (Å²) in [6.45, 7) is 6.26. The van der Waals surface area contributed by atoms with Crippen molar-refractivity contribution in [2.24, 2.45) is 11.8 Å². The van der Waals surface area contributed by atoms with Crippen LogP contribution >= 0.6 is 0 Å². The van der Waals surface area contributed by atoms with Crippen LogP contribution in [-0.2, 0) is 17.5 Å². The zero-order valence-electron chi connectivity index (χ0n) is 17.9. The van der Waals surface area contributed by atoms with E-state index in [1.165, 1.54) is 10.9 Å². The summed E-state index contributed by atoms with van der Waals surface area (Å²) >= 11 is 0. The van der Waals surface area contributed by atoms with E-state index in [2.05, 4.69) is 25.7 Å². The number of halogens is 3. The van der Waals surface area contributed by atoms with E-state index in [1.54, 1.807) is 0 Å². The number of aryl methyl sites for hydroxylation is 1. The maximum Gasteiger partial charge on any atom is 0.435 e. The third-order valence-electron chi connectivity index (χ3n) is 5.92. The number of carbonyl (C=O) groups is 1. The smallest absolute Gasteiger partial charge is 0.351 e. The molecule has 168 valence electrons. The van der Waals surface area contributed by atoms with Crippen molar-refractivity contribution in [3.63, 3.8) is 0 Å². The van der Waals surface area contributed by atoms with E-state index < -0.39 is 11.9 Å². The Morgan fingerprint density at radius 2 is 2.00 bits per heavy atom. The summed E-state index contributed by atoms with van der Waals surface area (Å²) in [6, 6.07) is 0.834. The molecule has 4 rings (SSSR count). The van der Waals surface area contributed by atoms with E-state index in [4.69, 9.17) is 0 Å². The summed E-state index contributed by atoms with van der Waals surface area (Å²) in [5, 5.41) is 9.86. The molecule has 2 aromatic rings. The van der Waals surface area contributed by atoms with Gasteiger partial charge in [-0.25, -0.2) is 4.98 Å². The van der Waals surface area contributed by atoms with Crippen molar-refractivity contribution in [3.8, 4) is 0 Å². The van der Waals surface area contributed by atoms with Crippen LogP contribution < -0.4 is 15.5 Å². The van der Waals surface area contributed by atoms with E-state index in [0.29, 0.717) is 29.7 Å². The molecule has 0 unspecified atom stereocenters. The van der Waals surface area contributed by atoms with Gasteiger partial charge in [0.1, 0.15) is 11.7 Å². The van der Waals surface area contributed by atoms with Gasteiger partial charge in [-0.3, -0.25) is 9.48 Å². The highest BCUT2D eigenvalue weighted by molar-refractivity contribution is 6.03. The van der Waals surface area contributed by atoms with E-state index in [-0.39, 0.29) is 29.8 Å². The van der Waals surface area contributed by atoms with Gasteiger partial charge >= 0.3 is 6.18 Å². The number of hydrogen-bond acceptors (Lipinski definition) is 6. The van der Waals surface area contributed by atoms with Crippen LogP contribution in [-0.4, -0.2) is 44.8 Å². The number of carbonyl (C=O) groups excluding carboxylic acids is 1. The van der Waals surface area contributed by atoms with Gasteiger partial charge in [0.25, 0.3) is 0 Å². The minimum Gasteiger partial charge on any atom is -0.351 e. The molecule has 0 radical (unpaired) electrons. The van der Waals surface area contributed by atoms with Gasteiger partial charge in [0, 0.05) is 25.8 Å². The molecular weight excluding hydrogens is 411 g/mol. The lowest BCUT2D eigenvalue weighted by Gasteiger charge is -2.38. The molecule has 11 heteroatoms. The van der Waals surface area contributed by atoms with E-state index in [9.17, 15) is 18.0 Å². The second-order valence-electron chi connectivity index (χ2n) is 8.72. The SMILES string of the molecule is Cc1nc(N[C@H]2C[C@@H](Cn3ccc(C(F)(F)F)n3)C2)nc2c1NC(=O)[C@H](C(C)C)N2C. The fourth-order valence-corrected chi connectivity index (χ4v) is 4.34. The molecule has 0 saturated heterocycles. The van der Waals surface area contributed by atoms with E-state index in [1.807, 2.05) is 32.7 Å². The van der Waals surface area contributed by atoms with E-state index in [0.717, 1.165) is 18.9 Å². The molecule has 0 aromatic carbocycles. The summed E-state index contributed by atoms with van der Waals surface area (Å²) in [6.07, 6.45) is -1.46. The van der Waals surface area contributed by atoms with Crippen LogP contribution in [0, 0.1) is 18.8 Å². The second kappa shape index (κ2) is 7.69. The Kier molecular flexibility index (Phi) is 5.30. The molecule has 1 atom stereocenters. The molecule has 3 heterocycles. The zero-order valence-corrected chi connectivity index (χ0v) is 17.9. The predicted molar refractivity (Wildman–Crippen MR) is 110 cm³/mol. The molecule has 1 saturated carbocycles. The van der Waals surface area contributed by atoms with Crippen LogP contribution in [0.5, 0.6) is 0 Å². The van der Waals surface area contributed by atoms with Crippen molar-refractivity contribution in [2.75, 3.05) is 22.6 Å². The van der Waals surface area contributed by atoms with Gasteiger partial charge in [0.15, 0.2) is 11.5 Å². The largest absolute Gasteiger partial charge is 0.435 e. The van der Waals surface area contributed by atoms with Gasteiger partial charge in [0.2, 0.25) is 11.9 Å². The molecule has 0 spiro atoms. The number of likely N-dealkylation sites (N-methyl/N-ethyl adjacent to an activating group) is 1. The number of alkyl halides is 3. The van der Waals surface area contributed by atoms with Gasteiger partial charge in [-0.1, -0.05) is 13.8 Å². The van der Waals surface area contributed by atoms with Gasteiger partial charge in [-0.15, -0.1) is 0 Å². The minimum atomic E-state index is -4.42. The fourth-order valence-electron chi connectivity index (χ4n) is 4.34. The fraction of sp³-hybridized carbons (Fsp3) is 0.600. The monoisotopic (exact) mass is 437 g/mol. The van der Waals surface area contributed by atoms with Gasteiger partial charge in [-0.05, 0) is 37.7 Å². The summed E-state index contributed by atoms with van der Waals surface area (Å²) in [5.41, 5.74) is 0.443. The summed E-state index contributed by atoms with van der Waals surface area (Å²) in [7, 11) is 1.86. The van der Waals surface area contributed by atoms with Crippen LogP contribution in [0.1, 0.15) is 38.1 Å². The Labute approximate surface area is 178 Å². The van der Waals surface area contributed by atoms with Crippen molar-refractivity contribution >= 4 is 23.4 Å². The molecule has 0 bridgehead atoms. The Hall–Kier alpha value is -2.85. The normalized spacial score (nSPS) is 23.4. The van der Waals surface area contributed by atoms with Gasteiger partial charge in [0.05, 0.1) is 5.69 Å². The van der Waals surface area contributed by atoms with Crippen LogP contribution in [0.2, 0.25) is 0 Å². The third-order valence-corrected chi connectivity index (χ3v) is 5.92. The molecular formula is C20H26F3N7O. The van der Waals surface area contributed by atoms with Crippen LogP contribution in [0.25, 0.3) is 0 Å². The molecule has 1 aliphatic heterocycles. The number of aromatic nitrogens is 4. The predicted octanol–water partition coefficient (Wildman–Crippen LogP) is 3.30. The van der Waals surface area contributed by atoms with Crippen molar-refractivity contribution in [3.05, 3.63) is 23.7 Å². The lowest BCUT2D eigenvalue weighted by molar-refractivity contribution is -0.141. The number of rotatable bonds is 5. The quantitative estimate of drug-likeness (QED) is 0.746. The van der Waals surface area contributed by atoms with Crippen LogP contribution in [0.15, 0.2) is 12.3 Å².